The van der Waals surface area contributed by atoms with E-state index in [0.29, 0.717) is 18.6 Å². The molecule has 1 rings (SSSR count). The first-order valence-corrected chi connectivity index (χ1v) is 6.91. The molecular weight excluding hydrogens is 222 g/mol. The number of Topliss-reactive ketones (excluding diaryl/α,β-unsaturated/α-hetero) is 1. The van der Waals surface area contributed by atoms with Crippen molar-refractivity contribution in [1.82, 2.24) is 0 Å². The van der Waals surface area contributed by atoms with Gasteiger partial charge in [0.1, 0.15) is 5.78 Å². The predicted octanol–water partition coefficient (Wildman–Crippen LogP) is 3.32. The Labute approximate surface area is 111 Å². The lowest BCUT2D eigenvalue weighted by Gasteiger charge is -2.05. The van der Waals surface area contributed by atoms with Crippen molar-refractivity contribution < 1.29 is 4.79 Å². The smallest absolute Gasteiger partial charge is 0.137 e. The van der Waals surface area contributed by atoms with Crippen molar-refractivity contribution in [2.24, 2.45) is 5.73 Å². The van der Waals surface area contributed by atoms with Crippen LogP contribution >= 0.6 is 0 Å². The fourth-order valence-electron chi connectivity index (χ4n) is 2.05. The number of hydrogen-bond donors (Lipinski definition) is 1. The quantitative estimate of drug-likeness (QED) is 0.716. The van der Waals surface area contributed by atoms with E-state index < -0.39 is 0 Å². The van der Waals surface area contributed by atoms with Gasteiger partial charge in [-0.25, -0.2) is 0 Å². The molecule has 0 radical (unpaired) electrons. The average molecular weight is 247 g/mol. The SMILES string of the molecule is Cc1ccc(CC(=O)CCCCCCN)cc1C. The molecule has 2 heteroatoms. The molecule has 1 aromatic carbocycles. The Hall–Kier alpha value is -1.15. The third-order valence-corrected chi connectivity index (χ3v) is 3.38. The van der Waals surface area contributed by atoms with Gasteiger partial charge in [-0.15, -0.1) is 0 Å². The van der Waals surface area contributed by atoms with Crippen molar-refractivity contribution in [2.75, 3.05) is 6.54 Å². The highest BCUT2D eigenvalue weighted by atomic mass is 16.1. The van der Waals surface area contributed by atoms with Crippen LogP contribution in [0.2, 0.25) is 0 Å². The van der Waals surface area contributed by atoms with Gasteiger partial charge in [-0.1, -0.05) is 31.0 Å². The molecule has 0 aliphatic carbocycles. The first-order chi connectivity index (χ1) is 8.63. The zero-order chi connectivity index (χ0) is 13.4. The zero-order valence-electron chi connectivity index (χ0n) is 11.7. The lowest BCUT2D eigenvalue weighted by molar-refractivity contribution is -0.118. The standard InChI is InChI=1S/C16H25NO/c1-13-8-9-15(11-14(13)2)12-16(18)7-5-3-4-6-10-17/h8-9,11H,3-7,10,12,17H2,1-2H3. The van der Waals surface area contributed by atoms with Gasteiger partial charge in [0.25, 0.3) is 0 Å². The minimum absolute atomic E-state index is 0.353. The summed E-state index contributed by atoms with van der Waals surface area (Å²) in [7, 11) is 0. The van der Waals surface area contributed by atoms with Crippen LogP contribution in [0.3, 0.4) is 0 Å². The van der Waals surface area contributed by atoms with E-state index in [0.717, 1.165) is 37.8 Å². The Balaban J connectivity index is 2.29. The van der Waals surface area contributed by atoms with E-state index in [4.69, 9.17) is 5.73 Å². The number of carbonyl (C=O) groups excluding carboxylic acids is 1. The first-order valence-electron chi connectivity index (χ1n) is 6.91. The molecule has 2 N–H and O–H groups in total. The molecule has 0 spiro atoms. The van der Waals surface area contributed by atoms with Crippen molar-refractivity contribution in [3.63, 3.8) is 0 Å². The van der Waals surface area contributed by atoms with Crippen molar-refractivity contribution in [3.05, 3.63) is 34.9 Å². The molecule has 0 heterocycles. The van der Waals surface area contributed by atoms with Crippen molar-refractivity contribution in [1.29, 1.82) is 0 Å². The van der Waals surface area contributed by atoms with Gasteiger partial charge in [0.2, 0.25) is 0 Å². The molecule has 1 aromatic rings. The van der Waals surface area contributed by atoms with Crippen LogP contribution in [0.25, 0.3) is 0 Å². The molecule has 2 nitrogen and oxygen atoms in total. The minimum Gasteiger partial charge on any atom is -0.330 e. The summed E-state index contributed by atoms with van der Waals surface area (Å²) in [6.45, 7) is 4.95. The van der Waals surface area contributed by atoms with Crippen LogP contribution < -0.4 is 5.73 Å². The highest BCUT2D eigenvalue weighted by Gasteiger charge is 2.04. The molecule has 0 amide bonds. The van der Waals surface area contributed by atoms with Gasteiger partial charge in [-0.3, -0.25) is 4.79 Å². The normalized spacial score (nSPS) is 10.6. The first kappa shape index (κ1) is 14.9. The van der Waals surface area contributed by atoms with Crippen LogP contribution in [0.5, 0.6) is 0 Å². The Bertz CT molecular complexity index is 385. The third-order valence-electron chi connectivity index (χ3n) is 3.38. The van der Waals surface area contributed by atoms with Crippen LogP contribution in [0, 0.1) is 13.8 Å². The second-order valence-corrected chi connectivity index (χ2v) is 5.09. The van der Waals surface area contributed by atoms with Crippen LogP contribution in [0.15, 0.2) is 18.2 Å². The fraction of sp³-hybridized carbons (Fsp3) is 0.562. The molecule has 0 aliphatic heterocycles. The number of nitrogens with two attached hydrogens (primary N) is 1. The van der Waals surface area contributed by atoms with Crippen molar-refractivity contribution in [3.8, 4) is 0 Å². The fourth-order valence-corrected chi connectivity index (χ4v) is 2.05. The van der Waals surface area contributed by atoms with Crippen LogP contribution in [-0.4, -0.2) is 12.3 Å². The topological polar surface area (TPSA) is 43.1 Å². The average Bonchev–Trinajstić information content (AvgIpc) is 2.34. The number of ketones is 1. The monoisotopic (exact) mass is 247 g/mol. The van der Waals surface area contributed by atoms with Gasteiger partial charge in [0, 0.05) is 12.8 Å². The number of benzene rings is 1. The van der Waals surface area contributed by atoms with Crippen LogP contribution in [0.4, 0.5) is 0 Å². The second-order valence-electron chi connectivity index (χ2n) is 5.09. The summed E-state index contributed by atoms with van der Waals surface area (Å²) < 4.78 is 0. The highest BCUT2D eigenvalue weighted by Crippen LogP contribution is 2.12. The summed E-state index contributed by atoms with van der Waals surface area (Å²) in [5.74, 6) is 0.353. The van der Waals surface area contributed by atoms with E-state index in [1.54, 1.807) is 0 Å². The van der Waals surface area contributed by atoms with E-state index in [1.807, 2.05) is 0 Å². The second kappa shape index (κ2) is 8.04. The van der Waals surface area contributed by atoms with Gasteiger partial charge in [-0.2, -0.15) is 0 Å². The molecule has 100 valence electrons. The highest BCUT2D eigenvalue weighted by molar-refractivity contribution is 5.80. The molecule has 0 aliphatic rings. The molecule has 0 saturated heterocycles. The molecule has 0 unspecified atom stereocenters. The maximum Gasteiger partial charge on any atom is 0.137 e. The number of rotatable bonds is 8. The van der Waals surface area contributed by atoms with E-state index >= 15 is 0 Å². The largest absolute Gasteiger partial charge is 0.330 e. The van der Waals surface area contributed by atoms with Crippen molar-refractivity contribution >= 4 is 5.78 Å². The van der Waals surface area contributed by atoms with E-state index in [9.17, 15) is 4.79 Å². The van der Waals surface area contributed by atoms with Crippen LogP contribution in [0.1, 0.15) is 48.8 Å². The summed E-state index contributed by atoms with van der Waals surface area (Å²) in [4.78, 5) is 11.8. The molecule has 18 heavy (non-hydrogen) atoms. The number of hydrogen-bond acceptors (Lipinski definition) is 2. The Kier molecular flexibility index (Phi) is 6.66. The van der Waals surface area contributed by atoms with Crippen molar-refractivity contribution in [2.45, 2.75) is 52.4 Å². The molecule has 0 bridgehead atoms. The molecule has 0 atom stereocenters. The lowest BCUT2D eigenvalue weighted by Crippen LogP contribution is -2.03. The summed E-state index contributed by atoms with van der Waals surface area (Å²) in [5, 5.41) is 0. The maximum atomic E-state index is 11.8. The predicted molar refractivity (Wildman–Crippen MR) is 76.8 cm³/mol. The molecular formula is C16H25NO. The summed E-state index contributed by atoms with van der Waals surface area (Å²) >= 11 is 0. The summed E-state index contributed by atoms with van der Waals surface area (Å²) in [6.07, 6.45) is 5.63. The van der Waals surface area contributed by atoms with Gasteiger partial charge in [-0.05, 0) is 49.9 Å². The number of aryl methyl sites for hydroxylation is 2. The number of unbranched alkanes of at least 4 members (excludes halogenated alkanes) is 3. The maximum absolute atomic E-state index is 11.8. The van der Waals surface area contributed by atoms with E-state index in [2.05, 4.69) is 32.0 Å². The lowest BCUT2D eigenvalue weighted by atomic mass is 10.0. The molecule has 0 fully saturated rings. The molecule has 0 aromatic heterocycles. The Morgan fingerprint density at radius 2 is 1.78 bits per heavy atom. The minimum atomic E-state index is 0.353. The third kappa shape index (κ3) is 5.46. The van der Waals surface area contributed by atoms with E-state index in [1.165, 1.54) is 11.1 Å². The van der Waals surface area contributed by atoms with Gasteiger partial charge >= 0.3 is 0 Å². The van der Waals surface area contributed by atoms with Crippen LogP contribution in [-0.2, 0) is 11.2 Å². The Morgan fingerprint density at radius 3 is 2.44 bits per heavy atom. The van der Waals surface area contributed by atoms with Gasteiger partial charge < -0.3 is 5.73 Å². The van der Waals surface area contributed by atoms with Gasteiger partial charge in [0.15, 0.2) is 0 Å². The molecule has 0 saturated carbocycles. The van der Waals surface area contributed by atoms with Gasteiger partial charge in [0.05, 0.1) is 0 Å². The Morgan fingerprint density at radius 1 is 1.06 bits per heavy atom. The summed E-state index contributed by atoms with van der Waals surface area (Å²) in [5.41, 5.74) is 9.13. The van der Waals surface area contributed by atoms with E-state index in [-0.39, 0.29) is 0 Å². The summed E-state index contributed by atoms with van der Waals surface area (Å²) in [6, 6.07) is 6.29. The number of carbonyl (C=O) groups is 1. The zero-order valence-corrected chi connectivity index (χ0v) is 11.7.